The molecule has 1 atom stereocenters. The zero-order valence-corrected chi connectivity index (χ0v) is 12.6. The lowest BCUT2D eigenvalue weighted by Crippen LogP contribution is -2.44. The summed E-state index contributed by atoms with van der Waals surface area (Å²) < 4.78 is 0. The van der Waals surface area contributed by atoms with Crippen LogP contribution in [0.15, 0.2) is 10.6 Å². The van der Waals surface area contributed by atoms with Crippen LogP contribution in [-0.2, 0) is 0 Å². The summed E-state index contributed by atoms with van der Waals surface area (Å²) in [4.78, 5) is 2.39. The van der Waals surface area contributed by atoms with E-state index in [1.165, 1.54) is 18.4 Å². The van der Waals surface area contributed by atoms with Gasteiger partial charge in [0.05, 0.1) is 0 Å². The van der Waals surface area contributed by atoms with Crippen molar-refractivity contribution in [3.05, 3.63) is 10.6 Å². The van der Waals surface area contributed by atoms with Gasteiger partial charge in [-0.2, -0.15) is 0 Å². The molecule has 0 aromatic heterocycles. The van der Waals surface area contributed by atoms with Crippen LogP contribution in [0.5, 0.6) is 0 Å². The van der Waals surface area contributed by atoms with E-state index in [0.29, 0.717) is 0 Å². The van der Waals surface area contributed by atoms with Gasteiger partial charge in [0.15, 0.2) is 0 Å². The first-order valence-electron chi connectivity index (χ1n) is 6.33. The van der Waals surface area contributed by atoms with Crippen LogP contribution in [0.1, 0.15) is 33.6 Å². The summed E-state index contributed by atoms with van der Waals surface area (Å²) in [6, 6.07) is 0. The molecule has 0 amide bonds. The van der Waals surface area contributed by atoms with Crippen LogP contribution in [-0.4, -0.2) is 36.6 Å². The van der Waals surface area contributed by atoms with E-state index in [2.05, 4.69) is 31.0 Å². The number of hydrogen-bond donors (Lipinski definition) is 1. The first kappa shape index (κ1) is 15.3. The normalized spacial score (nSPS) is 24.1. The van der Waals surface area contributed by atoms with Gasteiger partial charge in [-0.25, -0.2) is 0 Å². The third kappa shape index (κ3) is 6.66. The fraction of sp³-hybridized carbons (Fsp3) is 0.846. The molecule has 0 aromatic rings. The number of nitrogens with one attached hydrogen (secondary N) is 1. The Labute approximate surface area is 115 Å². The van der Waals surface area contributed by atoms with E-state index in [9.17, 15) is 0 Å². The maximum absolute atomic E-state index is 5.97. The molecule has 1 heterocycles. The van der Waals surface area contributed by atoms with Crippen LogP contribution in [0.3, 0.4) is 0 Å². The summed E-state index contributed by atoms with van der Waals surface area (Å²) in [7, 11) is 0. The van der Waals surface area contributed by atoms with E-state index >= 15 is 0 Å². The molecule has 1 aliphatic rings. The zero-order chi connectivity index (χ0) is 12.9. The average Bonchev–Trinajstić information content (AvgIpc) is 2.26. The molecule has 1 saturated heterocycles. The molecular formula is C13H24Cl2N2. The first-order valence-corrected chi connectivity index (χ1v) is 7.14. The molecule has 100 valence electrons. The summed E-state index contributed by atoms with van der Waals surface area (Å²) in [5.41, 5.74) is 1.68. The maximum Gasteiger partial charge on any atom is 0.0434 e. The molecule has 0 spiro atoms. The largest absolute Gasteiger partial charge is 0.312 e. The maximum atomic E-state index is 5.97. The Bertz CT molecular complexity index is 259. The van der Waals surface area contributed by atoms with Crippen molar-refractivity contribution in [3.63, 3.8) is 0 Å². The molecular weight excluding hydrogens is 255 g/mol. The van der Waals surface area contributed by atoms with Crippen LogP contribution in [0.2, 0.25) is 0 Å². The third-order valence-electron chi connectivity index (χ3n) is 3.02. The Morgan fingerprint density at radius 3 is 2.76 bits per heavy atom. The lowest BCUT2D eigenvalue weighted by molar-refractivity contribution is 0.180. The van der Waals surface area contributed by atoms with Gasteiger partial charge in [-0.15, -0.1) is 0 Å². The van der Waals surface area contributed by atoms with Gasteiger partial charge in [0.25, 0.3) is 0 Å². The average molecular weight is 279 g/mol. The lowest BCUT2D eigenvalue weighted by Gasteiger charge is -2.34. The highest BCUT2D eigenvalue weighted by molar-refractivity contribution is 6.36. The monoisotopic (exact) mass is 278 g/mol. The number of rotatable bonds is 4. The Morgan fingerprint density at radius 1 is 1.47 bits per heavy atom. The van der Waals surface area contributed by atoms with E-state index in [-0.39, 0.29) is 5.54 Å². The highest BCUT2D eigenvalue weighted by atomic mass is 35.5. The van der Waals surface area contributed by atoms with Crippen molar-refractivity contribution < 1.29 is 0 Å². The van der Waals surface area contributed by atoms with Crippen molar-refractivity contribution in [3.8, 4) is 0 Å². The molecule has 2 nitrogen and oxygen atoms in total. The summed E-state index contributed by atoms with van der Waals surface area (Å²) in [5, 5.41) is 4.31. The number of nitrogens with zero attached hydrogens (tertiary/aromatic N) is 1. The minimum absolute atomic E-state index is 0.204. The van der Waals surface area contributed by atoms with Gasteiger partial charge in [-0.3, -0.25) is 4.90 Å². The Morgan fingerprint density at radius 2 is 2.18 bits per heavy atom. The van der Waals surface area contributed by atoms with E-state index in [4.69, 9.17) is 23.2 Å². The summed E-state index contributed by atoms with van der Waals surface area (Å²) in [6.45, 7) is 10.7. The molecule has 4 heteroatoms. The fourth-order valence-electron chi connectivity index (χ4n) is 2.16. The molecule has 1 aliphatic heterocycles. The second kappa shape index (κ2) is 6.98. The van der Waals surface area contributed by atoms with Gasteiger partial charge in [-0.1, -0.05) is 23.2 Å². The number of piperidine rings is 1. The predicted molar refractivity (Wildman–Crippen MR) is 76.7 cm³/mol. The highest BCUT2D eigenvalue weighted by Gasteiger charge is 2.21. The van der Waals surface area contributed by atoms with Crippen LogP contribution in [0.4, 0.5) is 0 Å². The van der Waals surface area contributed by atoms with Gasteiger partial charge < -0.3 is 5.32 Å². The van der Waals surface area contributed by atoms with Crippen LogP contribution in [0.25, 0.3) is 0 Å². The van der Waals surface area contributed by atoms with Crippen LogP contribution < -0.4 is 5.32 Å². The number of likely N-dealkylation sites (tertiary alicyclic amines) is 1. The molecule has 1 unspecified atom stereocenters. The number of halogens is 2. The fourth-order valence-corrected chi connectivity index (χ4v) is 2.40. The minimum atomic E-state index is 0.204. The van der Waals surface area contributed by atoms with Gasteiger partial charge in [0, 0.05) is 29.2 Å². The topological polar surface area (TPSA) is 15.3 Å². The SMILES string of the molecule is CC(C)(C)NCC1CCCN(CC(Cl)=CCl)C1. The van der Waals surface area contributed by atoms with E-state index in [0.717, 1.165) is 37.1 Å². The van der Waals surface area contributed by atoms with Crippen LogP contribution >= 0.6 is 23.2 Å². The standard InChI is InChI=1S/C13H24Cl2N2/c1-13(2,3)16-8-11-5-4-6-17(9-11)10-12(15)7-14/h7,11,16H,4-6,8-10H2,1-3H3. The quantitative estimate of drug-likeness (QED) is 0.848. The molecule has 0 saturated carbocycles. The van der Waals surface area contributed by atoms with Crippen molar-refractivity contribution >= 4 is 23.2 Å². The zero-order valence-electron chi connectivity index (χ0n) is 11.1. The van der Waals surface area contributed by atoms with E-state index in [1.54, 1.807) is 0 Å². The molecule has 0 radical (unpaired) electrons. The molecule has 0 bridgehead atoms. The Kier molecular flexibility index (Phi) is 6.28. The van der Waals surface area contributed by atoms with E-state index in [1.807, 2.05) is 0 Å². The Hall–Kier alpha value is 0.240. The Balaban J connectivity index is 2.33. The van der Waals surface area contributed by atoms with Gasteiger partial charge in [0.2, 0.25) is 0 Å². The molecule has 17 heavy (non-hydrogen) atoms. The molecule has 0 aromatic carbocycles. The molecule has 1 rings (SSSR count). The van der Waals surface area contributed by atoms with E-state index < -0.39 is 0 Å². The van der Waals surface area contributed by atoms with Gasteiger partial charge in [0.1, 0.15) is 0 Å². The predicted octanol–water partition coefficient (Wildman–Crippen LogP) is 3.41. The smallest absolute Gasteiger partial charge is 0.0434 e. The molecule has 0 aliphatic carbocycles. The third-order valence-corrected chi connectivity index (χ3v) is 3.62. The van der Waals surface area contributed by atoms with Crippen molar-refractivity contribution in [1.29, 1.82) is 0 Å². The lowest BCUT2D eigenvalue weighted by atomic mass is 9.96. The molecule has 1 fully saturated rings. The molecule has 1 N–H and O–H groups in total. The number of hydrogen-bond acceptors (Lipinski definition) is 2. The minimum Gasteiger partial charge on any atom is -0.312 e. The van der Waals surface area contributed by atoms with Crippen molar-refractivity contribution in [2.24, 2.45) is 5.92 Å². The van der Waals surface area contributed by atoms with Gasteiger partial charge in [-0.05, 0) is 52.6 Å². The summed E-state index contributed by atoms with van der Waals surface area (Å²) in [5.74, 6) is 0.725. The van der Waals surface area contributed by atoms with Crippen molar-refractivity contribution in [2.45, 2.75) is 39.2 Å². The summed E-state index contributed by atoms with van der Waals surface area (Å²) >= 11 is 11.6. The van der Waals surface area contributed by atoms with Crippen LogP contribution in [0, 0.1) is 5.92 Å². The summed E-state index contributed by atoms with van der Waals surface area (Å²) in [6.07, 6.45) is 2.56. The first-order chi connectivity index (χ1) is 7.90. The van der Waals surface area contributed by atoms with Crippen molar-refractivity contribution in [1.82, 2.24) is 10.2 Å². The van der Waals surface area contributed by atoms with Crippen molar-refractivity contribution in [2.75, 3.05) is 26.2 Å². The second-order valence-electron chi connectivity index (χ2n) is 5.93. The second-order valence-corrected chi connectivity index (χ2v) is 6.63. The van der Waals surface area contributed by atoms with Gasteiger partial charge >= 0.3 is 0 Å². The highest BCUT2D eigenvalue weighted by Crippen LogP contribution is 2.18.